The van der Waals surface area contributed by atoms with Crippen molar-refractivity contribution in [2.45, 2.75) is 44.8 Å². The normalized spacial score (nSPS) is 22.3. The molecule has 2 unspecified atom stereocenters. The van der Waals surface area contributed by atoms with Gasteiger partial charge in [-0.3, -0.25) is 4.90 Å². The lowest BCUT2D eigenvalue weighted by molar-refractivity contribution is 0.123. The maximum atomic E-state index is 13.1. The molecule has 1 saturated heterocycles. The van der Waals surface area contributed by atoms with Crippen LogP contribution in [0.15, 0.2) is 24.3 Å². The van der Waals surface area contributed by atoms with E-state index in [9.17, 15) is 4.39 Å². The summed E-state index contributed by atoms with van der Waals surface area (Å²) in [6, 6.07) is 7.48. The Kier molecular flexibility index (Phi) is 6.06. The Morgan fingerprint density at radius 2 is 2.22 bits per heavy atom. The van der Waals surface area contributed by atoms with E-state index in [0.717, 1.165) is 25.1 Å². The number of nitrogens with two attached hydrogens (primary N) is 1. The largest absolute Gasteiger partial charge is 0.327 e. The smallest absolute Gasteiger partial charge is 0.123 e. The molecule has 4 heteroatoms. The third-order valence-electron chi connectivity index (χ3n) is 3.55. The molecule has 0 aromatic heterocycles. The predicted molar refractivity (Wildman–Crippen MR) is 75.3 cm³/mol. The Labute approximate surface area is 115 Å². The van der Waals surface area contributed by atoms with Gasteiger partial charge in [-0.2, -0.15) is 0 Å². The van der Waals surface area contributed by atoms with Gasteiger partial charge in [0.2, 0.25) is 0 Å². The van der Waals surface area contributed by atoms with Crippen LogP contribution in [0.2, 0.25) is 0 Å². The Balaban J connectivity index is 0.00000162. The monoisotopic (exact) mass is 272 g/mol. The van der Waals surface area contributed by atoms with Gasteiger partial charge < -0.3 is 5.73 Å². The van der Waals surface area contributed by atoms with Crippen LogP contribution in [0.1, 0.15) is 31.7 Å². The highest BCUT2D eigenvalue weighted by Crippen LogP contribution is 2.21. The maximum absolute atomic E-state index is 13.1. The number of hydrogen-bond acceptors (Lipinski definition) is 2. The second-order valence-corrected chi connectivity index (χ2v) is 5.02. The zero-order valence-electron chi connectivity index (χ0n) is 10.8. The minimum Gasteiger partial charge on any atom is -0.327 e. The van der Waals surface area contributed by atoms with Gasteiger partial charge in [0.15, 0.2) is 0 Å². The molecule has 1 aromatic carbocycles. The van der Waals surface area contributed by atoms with Crippen molar-refractivity contribution in [3.05, 3.63) is 35.6 Å². The number of rotatable bonds is 3. The molecule has 1 aliphatic rings. The van der Waals surface area contributed by atoms with Crippen molar-refractivity contribution in [2.24, 2.45) is 5.73 Å². The summed E-state index contributed by atoms with van der Waals surface area (Å²) in [5.74, 6) is -0.156. The Bertz CT molecular complexity index is 371. The molecular weight excluding hydrogens is 251 g/mol. The molecule has 2 atom stereocenters. The van der Waals surface area contributed by atoms with E-state index < -0.39 is 0 Å². The van der Waals surface area contributed by atoms with Crippen molar-refractivity contribution in [2.75, 3.05) is 6.54 Å². The van der Waals surface area contributed by atoms with Gasteiger partial charge in [0.1, 0.15) is 5.82 Å². The summed E-state index contributed by atoms with van der Waals surface area (Å²) in [6.07, 6.45) is 3.64. The molecular formula is C14H22ClFN2. The van der Waals surface area contributed by atoms with Crippen molar-refractivity contribution >= 4 is 12.4 Å². The molecule has 1 fully saturated rings. The minimum atomic E-state index is -0.156. The van der Waals surface area contributed by atoms with Gasteiger partial charge in [0, 0.05) is 18.6 Å². The summed E-state index contributed by atoms with van der Waals surface area (Å²) in [5, 5.41) is 0. The van der Waals surface area contributed by atoms with Crippen LogP contribution in [0.25, 0.3) is 0 Å². The van der Waals surface area contributed by atoms with E-state index in [1.165, 1.54) is 18.9 Å². The Morgan fingerprint density at radius 3 is 2.89 bits per heavy atom. The molecule has 0 spiro atoms. The summed E-state index contributed by atoms with van der Waals surface area (Å²) in [4.78, 5) is 2.39. The number of benzene rings is 1. The lowest BCUT2D eigenvalue weighted by Crippen LogP contribution is -2.48. The molecule has 102 valence electrons. The highest BCUT2D eigenvalue weighted by molar-refractivity contribution is 5.85. The van der Waals surface area contributed by atoms with Gasteiger partial charge in [-0.05, 0) is 44.0 Å². The van der Waals surface area contributed by atoms with Crippen LogP contribution in [0, 0.1) is 5.82 Å². The van der Waals surface area contributed by atoms with Crippen molar-refractivity contribution in [3.63, 3.8) is 0 Å². The summed E-state index contributed by atoms with van der Waals surface area (Å²) in [6.45, 7) is 3.95. The van der Waals surface area contributed by atoms with E-state index in [-0.39, 0.29) is 24.3 Å². The van der Waals surface area contributed by atoms with Crippen LogP contribution in [0.4, 0.5) is 4.39 Å². The first-order valence-corrected chi connectivity index (χ1v) is 6.41. The standard InChI is InChI=1S/C14H21FN2.ClH/c1-11(16)14-7-2-3-8-17(14)10-12-5-4-6-13(15)9-12;/h4-6,9,11,14H,2-3,7-8,10,16H2,1H3;1H. The van der Waals surface area contributed by atoms with E-state index in [2.05, 4.69) is 11.8 Å². The first kappa shape index (κ1) is 15.4. The topological polar surface area (TPSA) is 29.3 Å². The Hall–Kier alpha value is -0.640. The summed E-state index contributed by atoms with van der Waals surface area (Å²) in [7, 11) is 0. The first-order valence-electron chi connectivity index (χ1n) is 6.41. The van der Waals surface area contributed by atoms with Crippen LogP contribution in [0.3, 0.4) is 0 Å². The molecule has 0 amide bonds. The summed E-state index contributed by atoms with van der Waals surface area (Å²) >= 11 is 0. The molecule has 0 saturated carbocycles. The molecule has 2 nitrogen and oxygen atoms in total. The third-order valence-corrected chi connectivity index (χ3v) is 3.55. The first-order chi connectivity index (χ1) is 8.16. The van der Waals surface area contributed by atoms with Crippen molar-refractivity contribution < 1.29 is 4.39 Å². The zero-order chi connectivity index (χ0) is 12.3. The maximum Gasteiger partial charge on any atom is 0.123 e. The highest BCUT2D eigenvalue weighted by atomic mass is 35.5. The average Bonchev–Trinajstić information content (AvgIpc) is 2.29. The van der Waals surface area contributed by atoms with Crippen molar-refractivity contribution in [1.82, 2.24) is 4.90 Å². The lowest BCUT2D eigenvalue weighted by atomic mass is 9.96. The van der Waals surface area contributed by atoms with Gasteiger partial charge >= 0.3 is 0 Å². The lowest BCUT2D eigenvalue weighted by Gasteiger charge is -2.38. The van der Waals surface area contributed by atoms with Gasteiger partial charge in [-0.25, -0.2) is 4.39 Å². The van der Waals surface area contributed by atoms with Crippen LogP contribution >= 0.6 is 12.4 Å². The minimum absolute atomic E-state index is 0. The molecule has 2 rings (SSSR count). The van der Waals surface area contributed by atoms with Crippen LogP contribution in [-0.4, -0.2) is 23.5 Å². The fourth-order valence-corrected chi connectivity index (χ4v) is 2.68. The number of piperidine rings is 1. The number of likely N-dealkylation sites (tertiary alicyclic amines) is 1. The quantitative estimate of drug-likeness (QED) is 0.917. The van der Waals surface area contributed by atoms with E-state index in [1.54, 1.807) is 12.1 Å². The predicted octanol–water partition coefficient (Wildman–Crippen LogP) is 2.95. The van der Waals surface area contributed by atoms with E-state index in [4.69, 9.17) is 5.73 Å². The third kappa shape index (κ3) is 3.94. The Morgan fingerprint density at radius 1 is 1.44 bits per heavy atom. The molecule has 1 heterocycles. The molecule has 0 bridgehead atoms. The van der Waals surface area contributed by atoms with Crippen LogP contribution < -0.4 is 5.73 Å². The number of halogens is 2. The van der Waals surface area contributed by atoms with Crippen molar-refractivity contribution in [3.8, 4) is 0 Å². The van der Waals surface area contributed by atoms with E-state index >= 15 is 0 Å². The van der Waals surface area contributed by atoms with Crippen molar-refractivity contribution in [1.29, 1.82) is 0 Å². The van der Waals surface area contributed by atoms with E-state index in [1.807, 2.05) is 6.07 Å². The van der Waals surface area contributed by atoms with Gasteiger partial charge in [0.25, 0.3) is 0 Å². The number of hydrogen-bond donors (Lipinski definition) is 1. The van der Waals surface area contributed by atoms with Crippen LogP contribution in [-0.2, 0) is 6.54 Å². The molecule has 0 radical (unpaired) electrons. The summed E-state index contributed by atoms with van der Waals surface area (Å²) < 4.78 is 13.1. The average molecular weight is 273 g/mol. The fraction of sp³-hybridized carbons (Fsp3) is 0.571. The fourth-order valence-electron chi connectivity index (χ4n) is 2.68. The SMILES string of the molecule is CC(N)C1CCCCN1Cc1cccc(F)c1.Cl. The number of nitrogens with zero attached hydrogens (tertiary/aromatic N) is 1. The highest BCUT2D eigenvalue weighted by Gasteiger charge is 2.25. The molecule has 0 aliphatic carbocycles. The van der Waals surface area contributed by atoms with Gasteiger partial charge in [0.05, 0.1) is 0 Å². The van der Waals surface area contributed by atoms with Gasteiger partial charge in [-0.15, -0.1) is 12.4 Å². The van der Waals surface area contributed by atoms with Gasteiger partial charge in [-0.1, -0.05) is 18.6 Å². The molecule has 1 aliphatic heterocycles. The zero-order valence-corrected chi connectivity index (χ0v) is 11.6. The van der Waals surface area contributed by atoms with E-state index in [0.29, 0.717) is 6.04 Å². The molecule has 1 aromatic rings. The van der Waals surface area contributed by atoms with Crippen LogP contribution in [0.5, 0.6) is 0 Å². The molecule has 18 heavy (non-hydrogen) atoms. The molecule has 2 N–H and O–H groups in total. The second kappa shape index (κ2) is 7.07. The summed E-state index contributed by atoms with van der Waals surface area (Å²) in [5.41, 5.74) is 7.06. The second-order valence-electron chi connectivity index (χ2n) is 5.02.